The summed E-state index contributed by atoms with van der Waals surface area (Å²) in [6, 6.07) is 35.2. The molecule has 0 fully saturated rings. The lowest BCUT2D eigenvalue weighted by Crippen LogP contribution is -2.33. The standard InChI is InChI=1S/C32H27NO3/c1-23-16-18-26(19-17-23)29-27-14-8-9-15-28(27)32(35)36-30(29)31(34)33(22-25-12-6-3-7-13-25)21-20-24-10-4-2-5-11-24/h2-19H,20-22H2,1H3. The molecular formula is C32H27NO3. The fourth-order valence-corrected chi connectivity index (χ4v) is 4.47. The maximum Gasteiger partial charge on any atom is 0.344 e. The monoisotopic (exact) mass is 473 g/mol. The Balaban J connectivity index is 1.61. The highest BCUT2D eigenvalue weighted by Crippen LogP contribution is 2.32. The minimum atomic E-state index is -0.507. The van der Waals surface area contributed by atoms with Crippen LogP contribution in [0.25, 0.3) is 21.9 Å². The fourth-order valence-electron chi connectivity index (χ4n) is 4.47. The summed E-state index contributed by atoms with van der Waals surface area (Å²) in [4.78, 5) is 28.9. The summed E-state index contributed by atoms with van der Waals surface area (Å²) in [5.74, 6) is -0.222. The summed E-state index contributed by atoms with van der Waals surface area (Å²) in [6.45, 7) is 2.92. The molecular weight excluding hydrogens is 446 g/mol. The average Bonchev–Trinajstić information content (AvgIpc) is 2.92. The van der Waals surface area contributed by atoms with Crippen LogP contribution in [0.2, 0.25) is 0 Å². The normalized spacial score (nSPS) is 10.9. The maximum absolute atomic E-state index is 14.1. The number of benzene rings is 4. The smallest absolute Gasteiger partial charge is 0.344 e. The third-order valence-electron chi connectivity index (χ3n) is 6.39. The highest BCUT2D eigenvalue weighted by atomic mass is 16.4. The second-order valence-corrected chi connectivity index (χ2v) is 8.95. The van der Waals surface area contributed by atoms with Crippen molar-refractivity contribution in [3.05, 3.63) is 142 Å². The SMILES string of the molecule is Cc1ccc(-c2c(C(=O)N(CCc3ccccc3)Cc3ccccc3)oc(=O)c3ccccc23)cc1. The minimum absolute atomic E-state index is 0.0755. The van der Waals surface area contributed by atoms with Crippen LogP contribution in [-0.2, 0) is 13.0 Å². The van der Waals surface area contributed by atoms with E-state index in [-0.39, 0.29) is 11.7 Å². The van der Waals surface area contributed by atoms with Gasteiger partial charge in [0.05, 0.1) is 5.39 Å². The Morgan fingerprint density at radius 1 is 0.722 bits per heavy atom. The zero-order chi connectivity index (χ0) is 24.9. The van der Waals surface area contributed by atoms with Gasteiger partial charge in [0, 0.05) is 24.0 Å². The molecule has 1 heterocycles. The zero-order valence-electron chi connectivity index (χ0n) is 20.2. The quantitative estimate of drug-likeness (QED) is 0.266. The van der Waals surface area contributed by atoms with E-state index in [4.69, 9.17) is 4.42 Å². The molecule has 1 aromatic heterocycles. The van der Waals surface area contributed by atoms with Gasteiger partial charge in [0.25, 0.3) is 5.91 Å². The van der Waals surface area contributed by atoms with Gasteiger partial charge in [-0.05, 0) is 36.1 Å². The number of hydrogen-bond donors (Lipinski definition) is 0. The Bertz CT molecular complexity index is 1540. The van der Waals surface area contributed by atoms with Gasteiger partial charge < -0.3 is 9.32 Å². The molecule has 5 aromatic rings. The van der Waals surface area contributed by atoms with Crippen molar-refractivity contribution in [3.8, 4) is 11.1 Å². The number of nitrogens with zero attached hydrogens (tertiary/aromatic N) is 1. The van der Waals surface area contributed by atoms with Crippen LogP contribution in [0.15, 0.2) is 118 Å². The predicted molar refractivity (Wildman–Crippen MR) is 144 cm³/mol. The van der Waals surface area contributed by atoms with Gasteiger partial charge in [0.15, 0.2) is 0 Å². The molecule has 1 amide bonds. The summed E-state index contributed by atoms with van der Waals surface area (Å²) in [5.41, 5.74) is 4.25. The van der Waals surface area contributed by atoms with E-state index in [0.717, 1.165) is 22.3 Å². The Labute approximate surface area is 210 Å². The van der Waals surface area contributed by atoms with Crippen molar-refractivity contribution in [2.75, 3.05) is 6.54 Å². The average molecular weight is 474 g/mol. The number of rotatable bonds is 7. The van der Waals surface area contributed by atoms with Crippen molar-refractivity contribution in [1.82, 2.24) is 4.90 Å². The molecule has 4 heteroatoms. The van der Waals surface area contributed by atoms with E-state index in [1.165, 1.54) is 0 Å². The van der Waals surface area contributed by atoms with Crippen LogP contribution in [0.5, 0.6) is 0 Å². The Morgan fingerprint density at radius 2 is 1.31 bits per heavy atom. The first-order valence-electron chi connectivity index (χ1n) is 12.1. The second-order valence-electron chi connectivity index (χ2n) is 8.95. The predicted octanol–water partition coefficient (Wildman–Crippen LogP) is 6.65. The third-order valence-corrected chi connectivity index (χ3v) is 6.39. The van der Waals surface area contributed by atoms with Crippen LogP contribution in [-0.4, -0.2) is 17.4 Å². The van der Waals surface area contributed by atoms with Gasteiger partial charge in [-0.25, -0.2) is 4.79 Å². The van der Waals surface area contributed by atoms with E-state index < -0.39 is 5.63 Å². The highest BCUT2D eigenvalue weighted by molar-refractivity contribution is 6.07. The van der Waals surface area contributed by atoms with Crippen molar-refractivity contribution < 1.29 is 9.21 Å². The lowest BCUT2D eigenvalue weighted by atomic mass is 9.97. The van der Waals surface area contributed by atoms with Gasteiger partial charge in [0.2, 0.25) is 5.76 Å². The van der Waals surface area contributed by atoms with Crippen molar-refractivity contribution in [2.24, 2.45) is 0 Å². The van der Waals surface area contributed by atoms with Crippen LogP contribution >= 0.6 is 0 Å². The van der Waals surface area contributed by atoms with Crippen molar-refractivity contribution in [1.29, 1.82) is 0 Å². The second kappa shape index (κ2) is 10.4. The zero-order valence-corrected chi connectivity index (χ0v) is 20.2. The number of carbonyl (C=O) groups is 1. The fraction of sp³-hybridized carbons (Fsp3) is 0.125. The molecule has 0 bridgehead atoms. The lowest BCUT2D eigenvalue weighted by Gasteiger charge is -2.24. The van der Waals surface area contributed by atoms with Gasteiger partial charge in [-0.15, -0.1) is 0 Å². The largest absolute Gasteiger partial charge is 0.416 e. The van der Waals surface area contributed by atoms with Gasteiger partial charge >= 0.3 is 5.63 Å². The van der Waals surface area contributed by atoms with E-state index in [1.807, 2.05) is 91.9 Å². The van der Waals surface area contributed by atoms with Crippen molar-refractivity contribution in [3.63, 3.8) is 0 Å². The van der Waals surface area contributed by atoms with Gasteiger partial charge in [-0.1, -0.05) is 109 Å². The molecule has 178 valence electrons. The maximum atomic E-state index is 14.1. The first kappa shape index (κ1) is 23.3. The molecule has 0 radical (unpaired) electrons. The molecule has 0 saturated heterocycles. The van der Waals surface area contributed by atoms with E-state index in [0.29, 0.717) is 35.8 Å². The number of hydrogen-bond acceptors (Lipinski definition) is 3. The summed E-state index contributed by atoms with van der Waals surface area (Å²) in [6.07, 6.45) is 0.692. The van der Waals surface area contributed by atoms with Crippen LogP contribution in [0, 0.1) is 6.92 Å². The van der Waals surface area contributed by atoms with Crippen LogP contribution in [0.3, 0.4) is 0 Å². The number of aryl methyl sites for hydroxylation is 1. The molecule has 36 heavy (non-hydrogen) atoms. The van der Waals surface area contributed by atoms with E-state index >= 15 is 0 Å². The first-order chi connectivity index (χ1) is 17.6. The minimum Gasteiger partial charge on any atom is -0.416 e. The van der Waals surface area contributed by atoms with Crippen molar-refractivity contribution >= 4 is 16.7 Å². The van der Waals surface area contributed by atoms with Gasteiger partial charge in [-0.2, -0.15) is 0 Å². The van der Waals surface area contributed by atoms with Gasteiger partial charge in [-0.3, -0.25) is 4.79 Å². The first-order valence-corrected chi connectivity index (χ1v) is 12.1. The topological polar surface area (TPSA) is 50.5 Å². The molecule has 0 aliphatic heterocycles. The van der Waals surface area contributed by atoms with Crippen LogP contribution in [0.4, 0.5) is 0 Å². The van der Waals surface area contributed by atoms with Crippen molar-refractivity contribution in [2.45, 2.75) is 19.9 Å². The highest BCUT2D eigenvalue weighted by Gasteiger charge is 2.26. The molecule has 5 rings (SSSR count). The molecule has 0 N–H and O–H groups in total. The number of amides is 1. The molecule has 0 spiro atoms. The van der Waals surface area contributed by atoms with E-state index in [1.54, 1.807) is 17.0 Å². The summed E-state index contributed by atoms with van der Waals surface area (Å²) in [5, 5.41) is 1.17. The molecule has 0 aliphatic rings. The summed E-state index contributed by atoms with van der Waals surface area (Å²) in [7, 11) is 0. The van der Waals surface area contributed by atoms with Crippen LogP contribution < -0.4 is 5.63 Å². The molecule has 0 aliphatic carbocycles. The van der Waals surface area contributed by atoms with Crippen LogP contribution in [0.1, 0.15) is 27.2 Å². The number of fused-ring (bicyclic) bond motifs is 1. The Kier molecular flexibility index (Phi) is 6.76. The molecule has 4 nitrogen and oxygen atoms in total. The van der Waals surface area contributed by atoms with E-state index in [9.17, 15) is 9.59 Å². The number of carbonyl (C=O) groups excluding carboxylic acids is 1. The molecule has 0 atom stereocenters. The van der Waals surface area contributed by atoms with Gasteiger partial charge in [0.1, 0.15) is 0 Å². The Morgan fingerprint density at radius 3 is 1.97 bits per heavy atom. The Hall–Kier alpha value is -4.44. The molecule has 0 unspecified atom stereocenters. The molecule has 4 aromatic carbocycles. The molecule has 0 saturated carbocycles. The third kappa shape index (κ3) is 4.98. The summed E-state index contributed by atoms with van der Waals surface area (Å²) >= 11 is 0. The van der Waals surface area contributed by atoms with E-state index in [2.05, 4.69) is 12.1 Å². The summed E-state index contributed by atoms with van der Waals surface area (Å²) < 4.78 is 5.79. The lowest BCUT2D eigenvalue weighted by molar-refractivity contribution is 0.0710.